The molecule has 7 nitrogen and oxygen atoms in total. The average Bonchev–Trinajstić information content (AvgIpc) is 3.49. The maximum absolute atomic E-state index is 5.39. The van der Waals surface area contributed by atoms with Crippen LogP contribution in [0.25, 0.3) is 44.2 Å². The fourth-order valence-electron chi connectivity index (χ4n) is 6.91. The zero-order valence-corrected chi connectivity index (χ0v) is 21.0. The number of fused-ring (bicyclic) bond motifs is 4. The highest BCUT2D eigenvalue weighted by Gasteiger charge is 2.40. The summed E-state index contributed by atoms with van der Waals surface area (Å²) in [6.07, 6.45) is 13.4. The normalized spacial score (nSPS) is 22.4. The van der Waals surface area contributed by atoms with Gasteiger partial charge < -0.3 is 15.2 Å². The number of para-hydroxylation sites is 1. The lowest BCUT2D eigenvalue weighted by Crippen LogP contribution is -2.42. The summed E-state index contributed by atoms with van der Waals surface area (Å²) < 4.78 is 0. The van der Waals surface area contributed by atoms with Crippen LogP contribution in [0.1, 0.15) is 50.0 Å². The molecule has 37 heavy (non-hydrogen) atoms. The van der Waals surface area contributed by atoms with Crippen LogP contribution in [0.3, 0.4) is 0 Å². The predicted octanol–water partition coefficient (Wildman–Crippen LogP) is 5.57. The number of nitrogens with one attached hydrogen (secondary N) is 2. The Morgan fingerprint density at radius 3 is 2.78 bits per heavy atom. The molecule has 8 rings (SSSR count). The van der Waals surface area contributed by atoms with Crippen LogP contribution in [0.2, 0.25) is 0 Å². The van der Waals surface area contributed by atoms with Crippen molar-refractivity contribution >= 4 is 38.7 Å². The lowest BCUT2D eigenvalue weighted by molar-refractivity contribution is 0.239. The maximum atomic E-state index is 5.39. The molecule has 3 fully saturated rings. The molecule has 0 amide bonds. The third-order valence-electron chi connectivity index (χ3n) is 9.10. The van der Waals surface area contributed by atoms with Gasteiger partial charge in [0.05, 0.1) is 11.7 Å². The molecule has 1 saturated carbocycles. The van der Waals surface area contributed by atoms with Crippen LogP contribution in [0, 0.1) is 5.41 Å². The van der Waals surface area contributed by atoms with E-state index in [0.717, 1.165) is 70.8 Å². The summed E-state index contributed by atoms with van der Waals surface area (Å²) in [6, 6.07) is 10.4. The number of rotatable bonds is 3. The molecule has 186 valence electrons. The topological polar surface area (TPSA) is 82.6 Å². The van der Waals surface area contributed by atoms with Gasteiger partial charge in [0, 0.05) is 64.7 Å². The third-order valence-corrected chi connectivity index (χ3v) is 9.10. The monoisotopic (exact) mass is 489 g/mol. The quantitative estimate of drug-likeness (QED) is 0.345. The Labute approximate surface area is 215 Å². The zero-order chi connectivity index (χ0) is 24.4. The molecular formula is C30H31N7. The smallest absolute Gasteiger partial charge is 0.163 e. The predicted molar refractivity (Wildman–Crippen MR) is 148 cm³/mol. The van der Waals surface area contributed by atoms with E-state index in [1.807, 2.05) is 12.4 Å². The maximum Gasteiger partial charge on any atom is 0.163 e. The van der Waals surface area contributed by atoms with E-state index in [1.165, 1.54) is 49.5 Å². The van der Waals surface area contributed by atoms with E-state index in [0.29, 0.717) is 11.3 Å². The van der Waals surface area contributed by atoms with Crippen molar-refractivity contribution in [2.24, 2.45) is 5.41 Å². The largest absolute Gasteiger partial charge is 0.355 e. The summed E-state index contributed by atoms with van der Waals surface area (Å²) in [5.74, 6) is 2.42. The summed E-state index contributed by atoms with van der Waals surface area (Å²) >= 11 is 0. The number of nitrogens with zero attached hydrogens (tertiary/aromatic N) is 5. The summed E-state index contributed by atoms with van der Waals surface area (Å²) in [5, 5.41) is 7.12. The lowest BCUT2D eigenvalue weighted by Gasteiger charge is -2.34. The van der Waals surface area contributed by atoms with Gasteiger partial charge in [0.1, 0.15) is 11.5 Å². The summed E-state index contributed by atoms with van der Waals surface area (Å²) in [4.78, 5) is 25.9. The Balaban J connectivity index is 1.35. The van der Waals surface area contributed by atoms with E-state index >= 15 is 0 Å². The Bertz CT molecular complexity index is 1640. The van der Waals surface area contributed by atoms with Crippen molar-refractivity contribution in [2.45, 2.75) is 44.4 Å². The van der Waals surface area contributed by atoms with Crippen LogP contribution >= 0.6 is 0 Å². The Kier molecular flexibility index (Phi) is 4.77. The number of pyridine rings is 2. The van der Waals surface area contributed by atoms with Gasteiger partial charge in [-0.05, 0) is 62.3 Å². The van der Waals surface area contributed by atoms with E-state index < -0.39 is 0 Å². The highest BCUT2D eigenvalue weighted by molar-refractivity contribution is 6.12. The minimum Gasteiger partial charge on any atom is -0.355 e. The van der Waals surface area contributed by atoms with Gasteiger partial charge in [0.25, 0.3) is 0 Å². The van der Waals surface area contributed by atoms with Crippen molar-refractivity contribution in [2.75, 3.05) is 31.1 Å². The SMILES string of the molecule is c1ccc2c(c1)[nH]c1nccc(-c3nc(N4CCC5(CCCNC5)C4)c4c(C5CCC5)cncc4n3)c12. The first kappa shape index (κ1) is 21.5. The summed E-state index contributed by atoms with van der Waals surface area (Å²) in [5.41, 5.74) is 5.61. The van der Waals surface area contributed by atoms with Gasteiger partial charge >= 0.3 is 0 Å². The first-order valence-corrected chi connectivity index (χ1v) is 13.8. The molecular weight excluding hydrogens is 458 g/mol. The number of H-pyrrole nitrogens is 1. The van der Waals surface area contributed by atoms with Crippen molar-refractivity contribution in [3.63, 3.8) is 0 Å². The molecule has 1 spiro atoms. The van der Waals surface area contributed by atoms with Crippen LogP contribution in [-0.2, 0) is 0 Å². The van der Waals surface area contributed by atoms with Crippen LogP contribution < -0.4 is 10.2 Å². The van der Waals surface area contributed by atoms with Gasteiger partial charge in [-0.25, -0.2) is 15.0 Å². The molecule has 1 unspecified atom stereocenters. The van der Waals surface area contributed by atoms with Crippen molar-refractivity contribution < 1.29 is 0 Å². The number of hydrogen-bond donors (Lipinski definition) is 2. The number of anilines is 1. The van der Waals surface area contributed by atoms with Crippen molar-refractivity contribution in [1.82, 2.24) is 30.2 Å². The van der Waals surface area contributed by atoms with Gasteiger partial charge in [-0.2, -0.15) is 0 Å². The summed E-state index contributed by atoms with van der Waals surface area (Å²) in [6.45, 7) is 4.34. The molecule has 3 aliphatic rings. The molecule has 2 aliphatic heterocycles. The van der Waals surface area contributed by atoms with Crippen LogP contribution in [0.5, 0.6) is 0 Å². The van der Waals surface area contributed by atoms with E-state index in [1.54, 1.807) is 0 Å². The van der Waals surface area contributed by atoms with Gasteiger partial charge in [0.15, 0.2) is 5.82 Å². The average molecular weight is 490 g/mol. The third kappa shape index (κ3) is 3.37. The van der Waals surface area contributed by atoms with Crippen LogP contribution in [0.15, 0.2) is 48.9 Å². The zero-order valence-electron chi connectivity index (χ0n) is 21.0. The van der Waals surface area contributed by atoms with Gasteiger partial charge in [-0.3, -0.25) is 4.98 Å². The number of benzene rings is 1. The second-order valence-electron chi connectivity index (χ2n) is 11.3. The molecule has 2 N–H and O–H groups in total. The van der Waals surface area contributed by atoms with Gasteiger partial charge in [0.2, 0.25) is 0 Å². The van der Waals surface area contributed by atoms with Crippen molar-refractivity contribution in [3.05, 3.63) is 54.5 Å². The van der Waals surface area contributed by atoms with E-state index in [2.05, 4.69) is 61.7 Å². The summed E-state index contributed by atoms with van der Waals surface area (Å²) in [7, 11) is 0. The second kappa shape index (κ2) is 8.21. The number of piperidine rings is 1. The van der Waals surface area contributed by atoms with Crippen molar-refractivity contribution in [1.29, 1.82) is 0 Å². The fourth-order valence-corrected chi connectivity index (χ4v) is 6.91. The minimum atomic E-state index is 0.347. The van der Waals surface area contributed by atoms with Crippen molar-refractivity contribution in [3.8, 4) is 11.4 Å². The number of aromatic amines is 1. The van der Waals surface area contributed by atoms with E-state index in [4.69, 9.17) is 9.97 Å². The molecule has 1 aliphatic carbocycles. The standard InChI is InChI=1S/C30H31N7/c1-2-8-23-20(7-1)25-21(9-13-33-28(25)34-23)27-35-24-16-32-15-22(19-5-3-6-19)26(24)29(36-27)37-14-11-30(18-37)10-4-12-31-17-30/h1-2,7-9,13,15-16,19,31H,3-6,10-12,14,17-18H2,(H,33,34). The lowest BCUT2D eigenvalue weighted by atomic mass is 9.79. The van der Waals surface area contributed by atoms with Gasteiger partial charge in [-0.1, -0.05) is 24.6 Å². The molecule has 4 aromatic heterocycles. The van der Waals surface area contributed by atoms with Gasteiger partial charge in [-0.15, -0.1) is 0 Å². The highest BCUT2D eigenvalue weighted by Crippen LogP contribution is 2.45. The molecule has 1 aromatic carbocycles. The van der Waals surface area contributed by atoms with Crippen LogP contribution in [-0.4, -0.2) is 51.1 Å². The Hall–Kier alpha value is -3.58. The first-order chi connectivity index (χ1) is 18.3. The Morgan fingerprint density at radius 2 is 1.92 bits per heavy atom. The molecule has 5 aromatic rings. The fraction of sp³-hybridized carbons (Fsp3) is 0.400. The second-order valence-corrected chi connectivity index (χ2v) is 11.3. The molecule has 7 heteroatoms. The minimum absolute atomic E-state index is 0.347. The molecule has 0 radical (unpaired) electrons. The first-order valence-electron chi connectivity index (χ1n) is 13.8. The molecule has 1 atom stereocenters. The molecule has 6 heterocycles. The highest BCUT2D eigenvalue weighted by atomic mass is 15.2. The number of aromatic nitrogens is 5. The Morgan fingerprint density at radius 1 is 0.973 bits per heavy atom. The van der Waals surface area contributed by atoms with E-state index in [-0.39, 0.29) is 0 Å². The molecule has 0 bridgehead atoms. The van der Waals surface area contributed by atoms with Crippen LogP contribution in [0.4, 0.5) is 5.82 Å². The molecule has 2 saturated heterocycles. The number of hydrogen-bond acceptors (Lipinski definition) is 6. The van der Waals surface area contributed by atoms with E-state index in [9.17, 15) is 0 Å².